The van der Waals surface area contributed by atoms with Crippen molar-refractivity contribution < 1.29 is 18.7 Å². The monoisotopic (exact) mass is 480 g/mol. The van der Waals surface area contributed by atoms with Crippen LogP contribution in [0.15, 0.2) is 76.3 Å². The number of amides is 1. The second-order valence-corrected chi connectivity index (χ2v) is 8.25. The van der Waals surface area contributed by atoms with Crippen molar-refractivity contribution in [2.45, 2.75) is 12.5 Å². The molecule has 156 valence electrons. The van der Waals surface area contributed by atoms with Gasteiger partial charge in [-0.25, -0.2) is 9.40 Å². The third kappa shape index (κ3) is 3.93. The number of rotatable bonds is 3. The third-order valence-electron chi connectivity index (χ3n) is 5.34. The minimum atomic E-state index is -0.333. The van der Waals surface area contributed by atoms with Crippen LogP contribution in [-0.2, 0) is 0 Å². The summed E-state index contributed by atoms with van der Waals surface area (Å²) >= 11 is 3.44. The second kappa shape index (κ2) is 8.15. The fourth-order valence-corrected chi connectivity index (χ4v) is 4.03. The van der Waals surface area contributed by atoms with Crippen molar-refractivity contribution in [2.75, 3.05) is 13.2 Å². The van der Waals surface area contributed by atoms with Crippen LogP contribution in [-0.4, -0.2) is 29.8 Å². The molecule has 1 atom stereocenters. The summed E-state index contributed by atoms with van der Waals surface area (Å²) in [5.41, 5.74) is 3.01. The molecule has 5 rings (SSSR count). The number of benzene rings is 3. The maximum Gasteiger partial charge on any atom is 0.274 e. The summed E-state index contributed by atoms with van der Waals surface area (Å²) < 4.78 is 25.6. The van der Waals surface area contributed by atoms with Gasteiger partial charge in [0.15, 0.2) is 11.5 Å². The van der Waals surface area contributed by atoms with Gasteiger partial charge in [0, 0.05) is 16.5 Å². The highest BCUT2D eigenvalue weighted by atomic mass is 79.9. The van der Waals surface area contributed by atoms with Crippen molar-refractivity contribution in [3.63, 3.8) is 0 Å². The van der Waals surface area contributed by atoms with Crippen molar-refractivity contribution in [1.82, 2.24) is 5.01 Å². The van der Waals surface area contributed by atoms with Crippen LogP contribution >= 0.6 is 15.9 Å². The number of carbonyl (C=O) groups excluding carboxylic acids is 1. The first kappa shape index (κ1) is 19.8. The molecule has 1 unspecified atom stereocenters. The number of fused-ring (bicyclic) bond motifs is 1. The smallest absolute Gasteiger partial charge is 0.274 e. The van der Waals surface area contributed by atoms with Gasteiger partial charge in [0.05, 0.1) is 11.8 Å². The van der Waals surface area contributed by atoms with Gasteiger partial charge in [0.1, 0.15) is 19.0 Å². The Morgan fingerprint density at radius 1 is 0.968 bits per heavy atom. The van der Waals surface area contributed by atoms with E-state index < -0.39 is 0 Å². The number of hydrogen-bond donors (Lipinski definition) is 0. The highest BCUT2D eigenvalue weighted by Crippen LogP contribution is 2.36. The standard InChI is InChI=1S/C24H18BrFN2O3/c25-18-6-1-15(2-7-18)20-14-21(16-3-8-19(26)9-4-16)28(27-20)24(29)17-5-10-22-23(13-17)31-12-11-30-22/h1-10,13,21H,11-12,14H2. The van der Waals surface area contributed by atoms with E-state index in [1.54, 1.807) is 30.3 Å². The highest BCUT2D eigenvalue weighted by molar-refractivity contribution is 9.10. The minimum Gasteiger partial charge on any atom is -0.486 e. The first-order valence-electron chi connectivity index (χ1n) is 9.90. The maximum atomic E-state index is 13.5. The molecule has 0 spiro atoms. The molecular formula is C24H18BrFN2O3. The summed E-state index contributed by atoms with van der Waals surface area (Å²) in [6.45, 7) is 0.929. The van der Waals surface area contributed by atoms with Crippen LogP contribution in [0.1, 0.15) is 33.9 Å². The zero-order valence-corrected chi connectivity index (χ0v) is 18.0. The molecule has 0 saturated carbocycles. The number of ether oxygens (including phenoxy) is 2. The summed E-state index contributed by atoms with van der Waals surface area (Å²) in [5, 5.41) is 6.16. The average Bonchev–Trinajstić information content (AvgIpc) is 3.24. The minimum absolute atomic E-state index is 0.251. The van der Waals surface area contributed by atoms with Crippen LogP contribution in [0, 0.1) is 5.82 Å². The molecule has 0 saturated heterocycles. The fraction of sp³-hybridized carbons (Fsp3) is 0.167. The maximum absolute atomic E-state index is 13.5. The van der Waals surface area contributed by atoms with Crippen LogP contribution in [0.5, 0.6) is 11.5 Å². The third-order valence-corrected chi connectivity index (χ3v) is 5.87. The molecule has 3 aromatic carbocycles. The summed E-state index contributed by atoms with van der Waals surface area (Å²) in [6.07, 6.45) is 0.531. The number of hydrazone groups is 1. The summed E-state index contributed by atoms with van der Waals surface area (Å²) in [6, 6.07) is 18.8. The Bertz CT molecular complexity index is 1160. The van der Waals surface area contributed by atoms with Crippen molar-refractivity contribution in [3.8, 4) is 11.5 Å². The van der Waals surface area contributed by atoms with E-state index in [9.17, 15) is 9.18 Å². The summed E-state index contributed by atoms with van der Waals surface area (Å²) in [4.78, 5) is 13.5. The number of hydrogen-bond acceptors (Lipinski definition) is 4. The number of nitrogens with zero attached hydrogens (tertiary/aromatic N) is 2. The lowest BCUT2D eigenvalue weighted by molar-refractivity contribution is 0.0710. The first-order chi connectivity index (χ1) is 15.1. The molecule has 5 nitrogen and oxygen atoms in total. The summed E-state index contributed by atoms with van der Waals surface area (Å²) in [7, 11) is 0. The van der Waals surface area contributed by atoms with Crippen molar-refractivity contribution >= 4 is 27.5 Å². The van der Waals surface area contributed by atoms with E-state index in [2.05, 4.69) is 21.0 Å². The van der Waals surface area contributed by atoms with Gasteiger partial charge in [0.2, 0.25) is 0 Å². The van der Waals surface area contributed by atoms with E-state index in [1.165, 1.54) is 17.1 Å². The van der Waals surface area contributed by atoms with Crippen LogP contribution in [0.4, 0.5) is 4.39 Å². The van der Waals surface area contributed by atoms with Gasteiger partial charge >= 0.3 is 0 Å². The molecule has 0 radical (unpaired) electrons. The zero-order valence-electron chi connectivity index (χ0n) is 16.4. The molecular weight excluding hydrogens is 463 g/mol. The van der Waals surface area contributed by atoms with Crippen molar-refractivity contribution in [1.29, 1.82) is 0 Å². The van der Waals surface area contributed by atoms with Gasteiger partial charge < -0.3 is 9.47 Å². The number of halogens is 2. The highest BCUT2D eigenvalue weighted by Gasteiger charge is 2.34. The van der Waals surface area contributed by atoms with E-state index >= 15 is 0 Å². The van der Waals surface area contributed by atoms with Gasteiger partial charge in [-0.05, 0) is 53.6 Å². The Balaban J connectivity index is 1.52. The molecule has 0 fully saturated rings. The molecule has 0 N–H and O–H groups in total. The normalized spacial score (nSPS) is 17.4. The molecule has 31 heavy (non-hydrogen) atoms. The molecule has 7 heteroatoms. The largest absolute Gasteiger partial charge is 0.486 e. The SMILES string of the molecule is O=C(c1ccc2c(c1)OCCO2)N1N=C(c2ccc(Br)cc2)CC1c1ccc(F)cc1. The molecule has 0 aromatic heterocycles. The Labute approximate surface area is 187 Å². The fourth-order valence-electron chi connectivity index (χ4n) is 3.77. The van der Waals surface area contributed by atoms with Crippen LogP contribution in [0.3, 0.4) is 0 Å². The summed E-state index contributed by atoms with van der Waals surface area (Å²) in [5.74, 6) is 0.601. The molecule has 1 amide bonds. The molecule has 0 aliphatic carbocycles. The van der Waals surface area contributed by atoms with Crippen LogP contribution < -0.4 is 9.47 Å². The molecule has 2 aliphatic rings. The predicted octanol–water partition coefficient (Wildman–Crippen LogP) is 5.35. The van der Waals surface area contributed by atoms with E-state index in [1.807, 2.05) is 24.3 Å². The van der Waals surface area contributed by atoms with Crippen LogP contribution in [0.25, 0.3) is 0 Å². The molecule has 3 aromatic rings. The van der Waals surface area contributed by atoms with Gasteiger partial charge in [0.25, 0.3) is 5.91 Å². The van der Waals surface area contributed by atoms with Gasteiger partial charge in [-0.15, -0.1) is 0 Å². The lowest BCUT2D eigenvalue weighted by atomic mass is 9.98. The van der Waals surface area contributed by atoms with E-state index in [4.69, 9.17) is 9.47 Å². The lowest BCUT2D eigenvalue weighted by Crippen LogP contribution is -2.27. The van der Waals surface area contributed by atoms with Crippen molar-refractivity contribution in [2.24, 2.45) is 5.10 Å². The zero-order chi connectivity index (χ0) is 21.4. The van der Waals surface area contributed by atoms with E-state index in [0.717, 1.165) is 21.3 Å². The number of carbonyl (C=O) groups is 1. The Morgan fingerprint density at radius 2 is 1.68 bits per heavy atom. The second-order valence-electron chi connectivity index (χ2n) is 7.33. The van der Waals surface area contributed by atoms with Gasteiger partial charge in [-0.2, -0.15) is 5.10 Å². The Kier molecular flexibility index (Phi) is 5.19. The molecule has 2 heterocycles. The van der Waals surface area contributed by atoms with E-state index in [-0.39, 0.29) is 17.8 Å². The molecule has 2 aliphatic heterocycles. The predicted molar refractivity (Wildman–Crippen MR) is 118 cm³/mol. The Hall–Kier alpha value is -3.19. The molecule has 0 bridgehead atoms. The topological polar surface area (TPSA) is 51.1 Å². The van der Waals surface area contributed by atoms with Crippen LogP contribution in [0.2, 0.25) is 0 Å². The Morgan fingerprint density at radius 3 is 2.42 bits per heavy atom. The van der Waals surface area contributed by atoms with E-state index in [0.29, 0.717) is 36.7 Å². The van der Waals surface area contributed by atoms with Gasteiger partial charge in [-0.3, -0.25) is 4.79 Å². The average molecular weight is 481 g/mol. The first-order valence-corrected chi connectivity index (χ1v) is 10.7. The van der Waals surface area contributed by atoms with Gasteiger partial charge in [-0.1, -0.05) is 40.2 Å². The quantitative estimate of drug-likeness (QED) is 0.507. The van der Waals surface area contributed by atoms with Crippen molar-refractivity contribution in [3.05, 3.63) is 93.7 Å². The lowest BCUT2D eigenvalue weighted by Gasteiger charge is -2.23.